The van der Waals surface area contributed by atoms with Crippen LogP contribution in [0.3, 0.4) is 0 Å². The number of carbonyl (C=O) groups excluding carboxylic acids is 2. The van der Waals surface area contributed by atoms with Crippen LogP contribution in [0.4, 0.5) is 5.69 Å². The average molecular weight is 401 g/mol. The summed E-state index contributed by atoms with van der Waals surface area (Å²) in [6, 6.07) is 24.7. The summed E-state index contributed by atoms with van der Waals surface area (Å²) in [4.78, 5) is 27.4. The maximum absolute atomic E-state index is 12.8. The van der Waals surface area contributed by atoms with E-state index in [1.807, 2.05) is 59.5 Å². The highest BCUT2D eigenvalue weighted by molar-refractivity contribution is 6.05. The third-order valence-electron chi connectivity index (χ3n) is 4.90. The first-order valence-electron chi connectivity index (χ1n) is 10.5. The van der Waals surface area contributed by atoms with Crippen molar-refractivity contribution in [3.63, 3.8) is 0 Å². The standard InChI is InChI=1S/C26H28N2O2/c1-3-17-28(18-4-2)26(30)23-11-8-12-24(19-23)27-25(29)22-15-13-21(14-16-22)20-9-6-5-7-10-20/h5-16,19H,3-4,17-18H2,1-2H3,(H,27,29). The number of anilines is 1. The summed E-state index contributed by atoms with van der Waals surface area (Å²) in [6.07, 6.45) is 1.84. The van der Waals surface area contributed by atoms with Crippen LogP contribution in [0.15, 0.2) is 78.9 Å². The van der Waals surface area contributed by atoms with Crippen molar-refractivity contribution in [1.82, 2.24) is 4.90 Å². The van der Waals surface area contributed by atoms with Gasteiger partial charge in [0.15, 0.2) is 0 Å². The third-order valence-corrected chi connectivity index (χ3v) is 4.90. The lowest BCUT2D eigenvalue weighted by Gasteiger charge is -2.21. The summed E-state index contributed by atoms with van der Waals surface area (Å²) >= 11 is 0. The number of rotatable bonds is 8. The maximum atomic E-state index is 12.8. The second-order valence-electron chi connectivity index (χ2n) is 7.27. The van der Waals surface area contributed by atoms with Crippen molar-refractivity contribution in [3.05, 3.63) is 90.0 Å². The van der Waals surface area contributed by atoms with Crippen molar-refractivity contribution < 1.29 is 9.59 Å². The molecule has 0 aromatic heterocycles. The molecule has 0 radical (unpaired) electrons. The Morgan fingerprint density at radius 1 is 0.733 bits per heavy atom. The Bertz CT molecular complexity index is 975. The summed E-state index contributed by atoms with van der Waals surface area (Å²) in [6.45, 7) is 5.60. The molecule has 4 heteroatoms. The number of nitrogens with one attached hydrogen (secondary N) is 1. The second-order valence-corrected chi connectivity index (χ2v) is 7.27. The van der Waals surface area contributed by atoms with Gasteiger partial charge >= 0.3 is 0 Å². The largest absolute Gasteiger partial charge is 0.339 e. The molecule has 0 aliphatic carbocycles. The first-order chi connectivity index (χ1) is 14.6. The van der Waals surface area contributed by atoms with Crippen LogP contribution in [0.5, 0.6) is 0 Å². The lowest BCUT2D eigenvalue weighted by Crippen LogP contribution is -2.32. The quantitative estimate of drug-likeness (QED) is 0.514. The van der Waals surface area contributed by atoms with Gasteiger partial charge in [-0.25, -0.2) is 0 Å². The SMILES string of the molecule is CCCN(CCC)C(=O)c1cccc(NC(=O)c2ccc(-c3ccccc3)cc2)c1. The molecule has 0 saturated heterocycles. The summed E-state index contributed by atoms with van der Waals surface area (Å²) in [5.74, 6) is -0.194. The maximum Gasteiger partial charge on any atom is 0.255 e. The predicted octanol–water partition coefficient (Wildman–Crippen LogP) is 5.87. The van der Waals surface area contributed by atoms with Gasteiger partial charge in [-0.15, -0.1) is 0 Å². The van der Waals surface area contributed by atoms with Gasteiger partial charge in [-0.1, -0.05) is 62.4 Å². The van der Waals surface area contributed by atoms with Crippen LogP contribution in [0.2, 0.25) is 0 Å². The van der Waals surface area contributed by atoms with Crippen LogP contribution in [0.1, 0.15) is 47.4 Å². The zero-order chi connectivity index (χ0) is 21.3. The number of carbonyl (C=O) groups is 2. The molecule has 0 fully saturated rings. The van der Waals surface area contributed by atoms with Crippen LogP contribution in [-0.4, -0.2) is 29.8 Å². The first kappa shape index (κ1) is 21.3. The van der Waals surface area contributed by atoms with Gasteiger partial charge in [0, 0.05) is 29.9 Å². The Labute approximate surface area is 178 Å². The minimum absolute atomic E-state index is 0.00186. The normalized spacial score (nSPS) is 10.5. The summed E-state index contributed by atoms with van der Waals surface area (Å²) < 4.78 is 0. The van der Waals surface area contributed by atoms with Crippen LogP contribution in [0, 0.1) is 0 Å². The highest BCUT2D eigenvalue weighted by atomic mass is 16.2. The Kier molecular flexibility index (Phi) is 7.39. The molecule has 30 heavy (non-hydrogen) atoms. The van der Waals surface area contributed by atoms with E-state index in [1.165, 1.54) is 0 Å². The predicted molar refractivity (Wildman–Crippen MR) is 123 cm³/mol. The summed E-state index contributed by atoms with van der Waals surface area (Å²) in [5, 5.41) is 2.91. The monoisotopic (exact) mass is 400 g/mol. The minimum atomic E-state index is -0.196. The molecule has 0 spiro atoms. The van der Waals surface area contributed by atoms with E-state index in [4.69, 9.17) is 0 Å². The van der Waals surface area contributed by atoms with Gasteiger partial charge in [0.25, 0.3) is 11.8 Å². The van der Waals surface area contributed by atoms with E-state index in [2.05, 4.69) is 19.2 Å². The number of hydrogen-bond donors (Lipinski definition) is 1. The van der Waals surface area contributed by atoms with E-state index in [1.54, 1.807) is 24.3 Å². The average Bonchev–Trinajstić information content (AvgIpc) is 2.79. The van der Waals surface area contributed by atoms with Gasteiger partial charge in [0.1, 0.15) is 0 Å². The molecular weight excluding hydrogens is 372 g/mol. The molecule has 0 heterocycles. The number of nitrogens with zero attached hydrogens (tertiary/aromatic N) is 1. The van der Waals surface area contributed by atoms with Crippen molar-refractivity contribution in [3.8, 4) is 11.1 Å². The van der Waals surface area contributed by atoms with Crippen LogP contribution in [-0.2, 0) is 0 Å². The van der Waals surface area contributed by atoms with E-state index >= 15 is 0 Å². The Balaban J connectivity index is 1.71. The number of benzene rings is 3. The van der Waals surface area contributed by atoms with Gasteiger partial charge in [-0.3, -0.25) is 9.59 Å². The molecule has 1 N–H and O–H groups in total. The van der Waals surface area contributed by atoms with E-state index in [9.17, 15) is 9.59 Å². The lowest BCUT2D eigenvalue weighted by molar-refractivity contribution is 0.0755. The molecule has 154 valence electrons. The van der Waals surface area contributed by atoms with Gasteiger partial charge in [0.2, 0.25) is 0 Å². The van der Waals surface area contributed by atoms with Gasteiger partial charge in [-0.2, -0.15) is 0 Å². The molecule has 3 aromatic carbocycles. The topological polar surface area (TPSA) is 49.4 Å². The Morgan fingerprint density at radius 2 is 1.37 bits per heavy atom. The van der Waals surface area contributed by atoms with Crippen molar-refractivity contribution >= 4 is 17.5 Å². The zero-order valence-corrected chi connectivity index (χ0v) is 17.6. The highest BCUT2D eigenvalue weighted by Gasteiger charge is 2.15. The van der Waals surface area contributed by atoms with E-state index in [0.717, 1.165) is 37.1 Å². The van der Waals surface area contributed by atoms with Gasteiger partial charge in [-0.05, 0) is 54.3 Å². The molecule has 3 aromatic rings. The highest BCUT2D eigenvalue weighted by Crippen LogP contribution is 2.20. The fourth-order valence-corrected chi connectivity index (χ4v) is 3.42. The van der Waals surface area contributed by atoms with Crippen molar-refractivity contribution in [2.75, 3.05) is 18.4 Å². The molecule has 0 aliphatic heterocycles. The first-order valence-corrected chi connectivity index (χ1v) is 10.5. The van der Waals surface area contributed by atoms with Crippen LogP contribution < -0.4 is 5.32 Å². The fourth-order valence-electron chi connectivity index (χ4n) is 3.42. The molecular formula is C26H28N2O2. The van der Waals surface area contributed by atoms with Gasteiger partial charge in [0.05, 0.1) is 0 Å². The Hall–Kier alpha value is -3.40. The molecule has 4 nitrogen and oxygen atoms in total. The number of amides is 2. The third kappa shape index (κ3) is 5.35. The van der Waals surface area contributed by atoms with Crippen LogP contribution >= 0.6 is 0 Å². The molecule has 0 saturated carbocycles. The molecule has 0 unspecified atom stereocenters. The van der Waals surface area contributed by atoms with Crippen molar-refractivity contribution in [2.24, 2.45) is 0 Å². The van der Waals surface area contributed by atoms with Gasteiger partial charge < -0.3 is 10.2 Å². The molecule has 0 bridgehead atoms. The Morgan fingerprint density at radius 3 is 2.00 bits per heavy atom. The van der Waals surface area contributed by atoms with E-state index in [0.29, 0.717) is 16.8 Å². The molecule has 3 rings (SSSR count). The fraction of sp³-hybridized carbons (Fsp3) is 0.231. The molecule has 0 aliphatic rings. The van der Waals surface area contributed by atoms with E-state index < -0.39 is 0 Å². The zero-order valence-electron chi connectivity index (χ0n) is 17.6. The minimum Gasteiger partial charge on any atom is -0.339 e. The summed E-state index contributed by atoms with van der Waals surface area (Å²) in [5.41, 5.74) is 3.95. The van der Waals surface area contributed by atoms with Crippen LogP contribution in [0.25, 0.3) is 11.1 Å². The smallest absolute Gasteiger partial charge is 0.255 e. The summed E-state index contributed by atoms with van der Waals surface area (Å²) in [7, 11) is 0. The van der Waals surface area contributed by atoms with Crippen molar-refractivity contribution in [2.45, 2.75) is 26.7 Å². The second kappa shape index (κ2) is 10.4. The van der Waals surface area contributed by atoms with E-state index in [-0.39, 0.29) is 11.8 Å². The molecule has 2 amide bonds. The van der Waals surface area contributed by atoms with Crippen molar-refractivity contribution in [1.29, 1.82) is 0 Å². The number of hydrogen-bond acceptors (Lipinski definition) is 2. The molecule has 0 atom stereocenters. The lowest BCUT2D eigenvalue weighted by atomic mass is 10.0.